The summed E-state index contributed by atoms with van der Waals surface area (Å²) in [6.45, 7) is 3.86. The number of hydrogen-bond acceptors (Lipinski definition) is 5. The first-order valence-electron chi connectivity index (χ1n) is 7.89. The lowest BCUT2D eigenvalue weighted by Crippen LogP contribution is -2.23. The SMILES string of the molecule is CCCC(C)Oc1cc(O)c(O)c2c1C(=O)c1ccccc1C2=O. The third-order valence-electron chi connectivity index (χ3n) is 4.14. The summed E-state index contributed by atoms with van der Waals surface area (Å²) in [4.78, 5) is 25.6. The van der Waals surface area contributed by atoms with Crippen molar-refractivity contribution >= 4 is 11.6 Å². The Kier molecular flexibility index (Phi) is 4.01. The maximum Gasteiger partial charge on any atom is 0.198 e. The number of carbonyl (C=O) groups is 2. The molecule has 0 fully saturated rings. The first kappa shape index (κ1) is 16.1. The standard InChI is InChI=1S/C19H18O5/c1-3-6-10(2)24-14-9-13(20)19(23)16-15(14)17(21)11-7-4-5-8-12(11)18(16)22/h4-5,7-10,20,23H,3,6H2,1-2H3. The van der Waals surface area contributed by atoms with Crippen molar-refractivity contribution in [1.29, 1.82) is 0 Å². The number of phenols is 2. The molecule has 0 saturated carbocycles. The van der Waals surface area contributed by atoms with Crippen LogP contribution in [0.3, 0.4) is 0 Å². The Hall–Kier alpha value is -2.82. The predicted octanol–water partition coefficient (Wildman–Crippen LogP) is 3.44. The number of ketones is 2. The smallest absolute Gasteiger partial charge is 0.198 e. The van der Waals surface area contributed by atoms with Crippen LogP contribution in [0.4, 0.5) is 0 Å². The molecule has 5 heteroatoms. The van der Waals surface area contributed by atoms with Crippen molar-refractivity contribution in [2.45, 2.75) is 32.8 Å². The van der Waals surface area contributed by atoms with Gasteiger partial charge in [-0.25, -0.2) is 0 Å². The van der Waals surface area contributed by atoms with E-state index in [-0.39, 0.29) is 34.1 Å². The summed E-state index contributed by atoms with van der Waals surface area (Å²) in [5.74, 6) is -1.84. The number of phenolic OH excluding ortho intramolecular Hbond substituents is 2. The molecule has 5 nitrogen and oxygen atoms in total. The van der Waals surface area contributed by atoms with Gasteiger partial charge in [0.05, 0.1) is 17.2 Å². The molecule has 0 radical (unpaired) electrons. The van der Waals surface area contributed by atoms with Gasteiger partial charge in [0.25, 0.3) is 0 Å². The first-order chi connectivity index (χ1) is 11.5. The molecule has 1 aliphatic carbocycles. The van der Waals surface area contributed by atoms with Gasteiger partial charge >= 0.3 is 0 Å². The number of benzene rings is 2. The Labute approximate surface area is 139 Å². The molecule has 0 saturated heterocycles. The van der Waals surface area contributed by atoms with Crippen LogP contribution >= 0.6 is 0 Å². The predicted molar refractivity (Wildman–Crippen MR) is 88.1 cm³/mol. The number of rotatable bonds is 4. The zero-order chi connectivity index (χ0) is 17.4. The fraction of sp³-hybridized carbons (Fsp3) is 0.263. The monoisotopic (exact) mass is 326 g/mol. The van der Waals surface area contributed by atoms with Crippen LogP contribution in [0.5, 0.6) is 17.2 Å². The minimum Gasteiger partial charge on any atom is -0.504 e. The van der Waals surface area contributed by atoms with Crippen molar-refractivity contribution in [3.8, 4) is 17.2 Å². The van der Waals surface area contributed by atoms with E-state index >= 15 is 0 Å². The fourth-order valence-electron chi connectivity index (χ4n) is 3.00. The second-order valence-corrected chi connectivity index (χ2v) is 5.91. The van der Waals surface area contributed by atoms with Gasteiger partial charge in [-0.2, -0.15) is 0 Å². The maximum absolute atomic E-state index is 12.9. The fourth-order valence-corrected chi connectivity index (χ4v) is 3.00. The van der Waals surface area contributed by atoms with Gasteiger partial charge in [0.15, 0.2) is 23.1 Å². The van der Waals surface area contributed by atoms with Crippen molar-refractivity contribution in [3.63, 3.8) is 0 Å². The van der Waals surface area contributed by atoms with Crippen LogP contribution in [0.25, 0.3) is 0 Å². The molecule has 2 N–H and O–H groups in total. The van der Waals surface area contributed by atoms with E-state index in [1.54, 1.807) is 18.2 Å². The quantitative estimate of drug-likeness (QED) is 0.718. The van der Waals surface area contributed by atoms with Crippen LogP contribution in [-0.2, 0) is 0 Å². The highest BCUT2D eigenvalue weighted by Crippen LogP contribution is 2.43. The minimum absolute atomic E-state index is 0.0111. The largest absolute Gasteiger partial charge is 0.504 e. The second-order valence-electron chi connectivity index (χ2n) is 5.91. The molecule has 2 aromatic carbocycles. The van der Waals surface area contributed by atoms with Crippen LogP contribution in [0.1, 0.15) is 58.5 Å². The van der Waals surface area contributed by atoms with Crippen LogP contribution < -0.4 is 4.74 Å². The van der Waals surface area contributed by atoms with Crippen LogP contribution in [0.2, 0.25) is 0 Å². The molecule has 0 heterocycles. The van der Waals surface area contributed by atoms with Gasteiger partial charge in [0, 0.05) is 17.2 Å². The number of aromatic hydroxyl groups is 2. The molecule has 0 bridgehead atoms. The van der Waals surface area contributed by atoms with E-state index < -0.39 is 23.1 Å². The highest BCUT2D eigenvalue weighted by molar-refractivity contribution is 6.30. The highest BCUT2D eigenvalue weighted by atomic mass is 16.5. The van der Waals surface area contributed by atoms with Gasteiger partial charge in [-0.15, -0.1) is 0 Å². The number of hydrogen-bond donors (Lipinski definition) is 2. The van der Waals surface area contributed by atoms with Crippen LogP contribution in [0.15, 0.2) is 30.3 Å². The molecule has 1 aliphatic rings. The van der Waals surface area contributed by atoms with Gasteiger partial charge in [-0.05, 0) is 13.3 Å². The molecule has 1 atom stereocenters. The zero-order valence-corrected chi connectivity index (χ0v) is 13.5. The average Bonchev–Trinajstić information content (AvgIpc) is 2.56. The molecular weight excluding hydrogens is 308 g/mol. The molecule has 0 aromatic heterocycles. The van der Waals surface area contributed by atoms with E-state index in [4.69, 9.17) is 4.74 Å². The van der Waals surface area contributed by atoms with Gasteiger partial charge in [-0.3, -0.25) is 9.59 Å². The third kappa shape index (κ3) is 2.42. The minimum atomic E-state index is -0.589. The molecule has 0 spiro atoms. The van der Waals surface area contributed by atoms with Crippen LogP contribution in [-0.4, -0.2) is 27.9 Å². The summed E-state index contributed by atoms with van der Waals surface area (Å²) in [6, 6.07) is 7.62. The normalized spacial score (nSPS) is 14.1. The Bertz CT molecular complexity index is 838. The zero-order valence-electron chi connectivity index (χ0n) is 13.5. The number of carbonyl (C=O) groups excluding carboxylic acids is 2. The Morgan fingerprint density at radius 3 is 2.21 bits per heavy atom. The molecule has 24 heavy (non-hydrogen) atoms. The number of fused-ring (bicyclic) bond motifs is 2. The van der Waals surface area contributed by atoms with Crippen LogP contribution in [0, 0.1) is 0 Å². The highest BCUT2D eigenvalue weighted by Gasteiger charge is 2.36. The van der Waals surface area contributed by atoms with Crippen molar-refractivity contribution in [3.05, 3.63) is 52.6 Å². The second kappa shape index (κ2) is 6.00. The van der Waals surface area contributed by atoms with E-state index in [0.29, 0.717) is 0 Å². The van der Waals surface area contributed by atoms with Gasteiger partial charge < -0.3 is 14.9 Å². The summed E-state index contributed by atoms with van der Waals surface area (Å²) in [7, 11) is 0. The van der Waals surface area contributed by atoms with Crippen molar-refractivity contribution in [1.82, 2.24) is 0 Å². The maximum atomic E-state index is 12.9. The average molecular weight is 326 g/mol. The summed E-state index contributed by atoms with van der Waals surface area (Å²) < 4.78 is 5.78. The molecule has 1 unspecified atom stereocenters. The lowest BCUT2D eigenvalue weighted by molar-refractivity contribution is 0.0969. The van der Waals surface area contributed by atoms with E-state index in [1.807, 2.05) is 13.8 Å². The molecule has 3 rings (SSSR count). The Morgan fingerprint density at radius 2 is 1.62 bits per heavy atom. The first-order valence-corrected chi connectivity index (χ1v) is 7.89. The van der Waals surface area contributed by atoms with Gasteiger partial charge in [0.1, 0.15) is 5.75 Å². The molecular formula is C19H18O5. The van der Waals surface area contributed by atoms with Crippen molar-refractivity contribution in [2.75, 3.05) is 0 Å². The van der Waals surface area contributed by atoms with E-state index in [1.165, 1.54) is 12.1 Å². The summed E-state index contributed by atoms with van der Waals surface area (Å²) in [5.41, 5.74) is 0.297. The molecule has 124 valence electrons. The van der Waals surface area contributed by atoms with Crippen molar-refractivity contribution in [2.24, 2.45) is 0 Å². The van der Waals surface area contributed by atoms with Crippen molar-refractivity contribution < 1.29 is 24.5 Å². The van der Waals surface area contributed by atoms with E-state index in [2.05, 4.69) is 0 Å². The van der Waals surface area contributed by atoms with Gasteiger partial charge in [-0.1, -0.05) is 37.6 Å². The lowest BCUT2D eigenvalue weighted by atomic mass is 9.83. The molecule has 2 aromatic rings. The third-order valence-corrected chi connectivity index (χ3v) is 4.14. The number of ether oxygens (including phenoxy) is 1. The molecule has 0 aliphatic heterocycles. The van der Waals surface area contributed by atoms with E-state index in [9.17, 15) is 19.8 Å². The summed E-state index contributed by atoms with van der Waals surface area (Å²) >= 11 is 0. The summed E-state index contributed by atoms with van der Waals surface area (Å²) in [6.07, 6.45) is 1.46. The summed E-state index contributed by atoms with van der Waals surface area (Å²) in [5, 5.41) is 20.1. The topological polar surface area (TPSA) is 83.8 Å². The van der Waals surface area contributed by atoms with Gasteiger partial charge in [0.2, 0.25) is 0 Å². The lowest BCUT2D eigenvalue weighted by Gasteiger charge is -2.23. The Balaban J connectivity index is 2.21. The molecule has 0 amide bonds. The van der Waals surface area contributed by atoms with E-state index in [0.717, 1.165) is 12.8 Å². The Morgan fingerprint density at radius 1 is 1.04 bits per heavy atom.